The number of rotatable bonds is 3. The van der Waals surface area contributed by atoms with E-state index in [-0.39, 0.29) is 41.5 Å². The van der Waals surface area contributed by atoms with Gasteiger partial charge in [0.15, 0.2) is 23.0 Å². The molecule has 0 saturated heterocycles. The largest absolute Gasteiger partial charge is 1.00 e. The molecule has 1 heterocycles. The van der Waals surface area contributed by atoms with Gasteiger partial charge in [-0.3, -0.25) is 0 Å². The van der Waals surface area contributed by atoms with Gasteiger partial charge in [0.05, 0.1) is 42.0 Å². The summed E-state index contributed by atoms with van der Waals surface area (Å²) in [4.78, 5) is 0. The molecule has 2 N–H and O–H groups in total. The maximum Gasteiger partial charge on any atom is 0.201 e. The first-order valence-corrected chi connectivity index (χ1v) is 9.56. The zero-order chi connectivity index (χ0) is 20.2. The minimum absolute atomic E-state index is 0. The Hall–Kier alpha value is -1.87. The van der Waals surface area contributed by atoms with Crippen molar-refractivity contribution in [3.05, 3.63) is 28.8 Å². The van der Waals surface area contributed by atoms with Crippen LogP contribution >= 0.6 is 0 Å². The Labute approximate surface area is 188 Å². The molecule has 7 heteroatoms. The zero-order valence-electron chi connectivity index (χ0n) is 17.5. The Balaban J connectivity index is 0.00000240. The summed E-state index contributed by atoms with van der Waals surface area (Å²) in [5.41, 5.74) is 4.77. The van der Waals surface area contributed by atoms with Crippen LogP contribution in [0.5, 0.6) is 28.7 Å². The van der Waals surface area contributed by atoms with Gasteiger partial charge in [0, 0.05) is 29.5 Å². The van der Waals surface area contributed by atoms with Crippen molar-refractivity contribution >= 4 is 0 Å². The van der Waals surface area contributed by atoms with Gasteiger partial charge < -0.3 is 52.9 Å². The number of fused-ring (bicyclic) bond motifs is 2. The number of methoxy groups -OCH3 is 3. The van der Waals surface area contributed by atoms with E-state index in [1.54, 1.807) is 7.11 Å². The van der Waals surface area contributed by atoms with Gasteiger partial charge in [-0.1, -0.05) is 0 Å². The minimum Gasteiger partial charge on any atom is -1.00 e. The highest BCUT2D eigenvalue weighted by Gasteiger charge is 2.42. The predicted molar refractivity (Wildman–Crippen MR) is 107 cm³/mol. The van der Waals surface area contributed by atoms with Crippen molar-refractivity contribution in [2.24, 2.45) is 0 Å². The molecule has 0 saturated carbocycles. The maximum atomic E-state index is 11.2. The molecule has 2 aromatic rings. The molecule has 2 aliphatic rings. The number of hydrogen-bond donors (Lipinski definition) is 2. The Kier molecular flexibility index (Phi) is 5.84. The number of nitrogens with zero attached hydrogens (tertiary/aromatic N) is 1. The summed E-state index contributed by atoms with van der Waals surface area (Å²) >= 11 is 0. The second-order valence-electron chi connectivity index (χ2n) is 8.18. The van der Waals surface area contributed by atoms with E-state index in [9.17, 15) is 10.2 Å². The van der Waals surface area contributed by atoms with E-state index in [2.05, 4.69) is 14.1 Å². The van der Waals surface area contributed by atoms with E-state index < -0.39 is 0 Å². The fourth-order valence-electron chi connectivity index (χ4n) is 4.91. The fourth-order valence-corrected chi connectivity index (χ4v) is 4.91. The molecule has 0 unspecified atom stereocenters. The van der Waals surface area contributed by atoms with Crippen LogP contribution in [-0.4, -0.2) is 56.7 Å². The van der Waals surface area contributed by atoms with Gasteiger partial charge in [0.2, 0.25) is 5.75 Å². The van der Waals surface area contributed by atoms with Crippen LogP contribution in [0.2, 0.25) is 0 Å². The Morgan fingerprint density at radius 2 is 1.48 bits per heavy atom. The predicted octanol–water partition coefficient (Wildman–Crippen LogP) is 0.414. The number of hydrogen-bond acceptors (Lipinski definition) is 5. The third-order valence-electron chi connectivity index (χ3n) is 6.41. The van der Waals surface area contributed by atoms with Crippen LogP contribution in [-0.2, 0) is 12.8 Å². The molecule has 0 aromatic heterocycles. The van der Waals surface area contributed by atoms with Gasteiger partial charge in [-0.05, 0) is 29.7 Å². The second-order valence-corrected chi connectivity index (χ2v) is 8.18. The average molecular weight is 513 g/mol. The molecule has 0 amide bonds. The van der Waals surface area contributed by atoms with E-state index in [1.807, 2.05) is 12.1 Å². The van der Waals surface area contributed by atoms with Crippen LogP contribution < -0.4 is 38.2 Å². The number of aromatic hydroxyl groups is 2. The summed E-state index contributed by atoms with van der Waals surface area (Å²) in [5.74, 6) is 1.20. The van der Waals surface area contributed by atoms with Gasteiger partial charge in [-0.25, -0.2) is 0 Å². The smallest absolute Gasteiger partial charge is 0.201 e. The molecule has 0 bridgehead atoms. The van der Waals surface area contributed by atoms with Crippen LogP contribution in [0.1, 0.15) is 29.2 Å². The highest BCUT2D eigenvalue weighted by atomic mass is 127. The third-order valence-corrected chi connectivity index (χ3v) is 6.41. The van der Waals surface area contributed by atoms with Crippen molar-refractivity contribution in [1.29, 1.82) is 0 Å². The maximum absolute atomic E-state index is 11.2. The quantitative estimate of drug-likeness (QED) is 0.460. The van der Waals surface area contributed by atoms with Gasteiger partial charge in [0.1, 0.15) is 6.04 Å². The second kappa shape index (κ2) is 7.75. The van der Waals surface area contributed by atoms with E-state index in [1.165, 1.54) is 19.8 Å². The molecule has 2 aromatic carbocycles. The summed E-state index contributed by atoms with van der Waals surface area (Å²) in [6, 6.07) is 4.05. The number of halogens is 1. The lowest BCUT2D eigenvalue weighted by atomic mass is 9.84. The van der Waals surface area contributed by atoms with Crippen molar-refractivity contribution in [2.45, 2.75) is 25.3 Å². The molecule has 0 radical (unpaired) electrons. The van der Waals surface area contributed by atoms with E-state index in [4.69, 9.17) is 14.2 Å². The molecule has 158 valence electrons. The average Bonchev–Trinajstić information content (AvgIpc) is 2.85. The Morgan fingerprint density at radius 3 is 2.10 bits per heavy atom. The Bertz CT molecular complexity index is 957. The number of likely N-dealkylation sites (N-methyl/N-ethyl adjacent to an activating group) is 1. The zero-order valence-corrected chi connectivity index (χ0v) is 19.7. The first-order valence-electron chi connectivity index (χ1n) is 9.56. The van der Waals surface area contributed by atoms with Gasteiger partial charge in [-0.2, -0.15) is 0 Å². The van der Waals surface area contributed by atoms with Crippen molar-refractivity contribution in [2.75, 3.05) is 42.0 Å². The molecule has 1 aliphatic carbocycles. The minimum atomic E-state index is -0.0530. The molecule has 1 aliphatic heterocycles. The molecular formula is C22H28INO5. The monoisotopic (exact) mass is 513 g/mol. The van der Waals surface area contributed by atoms with Gasteiger partial charge in [0.25, 0.3) is 0 Å². The van der Waals surface area contributed by atoms with E-state index in [0.29, 0.717) is 22.8 Å². The number of quaternary nitrogens is 1. The lowest BCUT2D eigenvalue weighted by molar-refractivity contribution is -0.923. The number of benzene rings is 2. The van der Waals surface area contributed by atoms with Crippen LogP contribution in [0.3, 0.4) is 0 Å². The summed E-state index contributed by atoms with van der Waals surface area (Å²) in [6.07, 6.45) is 2.63. The highest BCUT2D eigenvalue weighted by Crippen LogP contribution is 2.57. The number of phenols is 2. The molecule has 4 rings (SSSR count). The lowest BCUT2D eigenvalue weighted by Crippen LogP contribution is -3.00. The summed E-state index contributed by atoms with van der Waals surface area (Å²) in [6.45, 7) is 1.02. The van der Waals surface area contributed by atoms with Crippen molar-refractivity contribution in [3.63, 3.8) is 0 Å². The number of ether oxygens (including phenoxy) is 3. The Morgan fingerprint density at radius 1 is 0.862 bits per heavy atom. The van der Waals surface area contributed by atoms with Crippen LogP contribution in [0, 0.1) is 0 Å². The van der Waals surface area contributed by atoms with E-state index in [0.717, 1.165) is 47.0 Å². The van der Waals surface area contributed by atoms with Crippen LogP contribution in [0.15, 0.2) is 12.1 Å². The van der Waals surface area contributed by atoms with Gasteiger partial charge in [-0.15, -0.1) is 0 Å². The van der Waals surface area contributed by atoms with Crippen LogP contribution in [0.25, 0.3) is 11.1 Å². The summed E-state index contributed by atoms with van der Waals surface area (Å²) in [5, 5.41) is 21.9. The van der Waals surface area contributed by atoms with Crippen molar-refractivity contribution < 1.29 is 52.9 Å². The standard InChI is InChI=1S/C22H27NO5.HI/c1-23(2)9-8-13-11-15(26-3)20(24)19-17(13)14(23)7-6-12-10-16(27-4)21(25)22(28-5)18(12)19;/h10-11,14H,6-9H2,1-5H3,(H-,24,25);1H/t14-;/m1./s1. The van der Waals surface area contributed by atoms with Crippen molar-refractivity contribution in [1.82, 2.24) is 0 Å². The lowest BCUT2D eigenvalue weighted by Gasteiger charge is -2.43. The molecule has 6 nitrogen and oxygen atoms in total. The summed E-state index contributed by atoms with van der Waals surface area (Å²) in [7, 11) is 9.10. The van der Waals surface area contributed by atoms with Crippen molar-refractivity contribution in [3.8, 4) is 39.9 Å². The normalized spacial score (nSPS) is 18.6. The number of aryl methyl sites for hydroxylation is 1. The first-order chi connectivity index (χ1) is 13.3. The van der Waals surface area contributed by atoms with Gasteiger partial charge >= 0.3 is 0 Å². The topological polar surface area (TPSA) is 68.2 Å². The van der Waals surface area contributed by atoms with E-state index >= 15 is 0 Å². The highest BCUT2D eigenvalue weighted by molar-refractivity contribution is 5.88. The fraction of sp³-hybridized carbons (Fsp3) is 0.455. The molecule has 0 fully saturated rings. The third kappa shape index (κ3) is 3.18. The first kappa shape index (κ1) is 21.8. The SMILES string of the molecule is COc1cc2c(c(OC)c1O)-c1c(O)c(OC)cc3c1[C@@H](CC2)[N+](C)(C)CC3.[I-]. The molecule has 0 spiro atoms. The molecule has 29 heavy (non-hydrogen) atoms. The molecular weight excluding hydrogens is 485 g/mol. The summed E-state index contributed by atoms with van der Waals surface area (Å²) < 4.78 is 17.3. The van der Waals surface area contributed by atoms with Crippen LogP contribution in [0.4, 0.5) is 0 Å². The molecule has 1 atom stereocenters. The number of phenolic OH excluding ortho intramolecular Hbond substituents is 2.